The van der Waals surface area contributed by atoms with E-state index < -0.39 is 0 Å². The van der Waals surface area contributed by atoms with Crippen LogP contribution in [0.15, 0.2) is 12.4 Å². The summed E-state index contributed by atoms with van der Waals surface area (Å²) in [7, 11) is 0. The van der Waals surface area contributed by atoms with E-state index in [1.165, 1.54) is 19.3 Å². The molecule has 0 amide bonds. The molecule has 122 valence electrons. The van der Waals surface area contributed by atoms with E-state index >= 15 is 0 Å². The standard InChI is InChI=1S/C18H29N3O/c1-13(2)9-15-5-7-21(8-6-15)18-19-11-16(12-20-18)10-17(22)14(3)4/h11-15H,5-10H2,1-4H3. The molecule has 0 unspecified atom stereocenters. The minimum atomic E-state index is 0.0691. The molecule has 1 aromatic heterocycles. The third kappa shape index (κ3) is 4.79. The number of carbonyl (C=O) groups is 1. The van der Waals surface area contributed by atoms with Gasteiger partial charge in [0.2, 0.25) is 5.95 Å². The summed E-state index contributed by atoms with van der Waals surface area (Å²) in [5.41, 5.74) is 0.914. The van der Waals surface area contributed by atoms with Crippen molar-refractivity contribution in [3.05, 3.63) is 18.0 Å². The largest absolute Gasteiger partial charge is 0.341 e. The minimum Gasteiger partial charge on any atom is -0.341 e. The Labute approximate surface area is 134 Å². The zero-order valence-electron chi connectivity index (χ0n) is 14.4. The van der Waals surface area contributed by atoms with Crippen LogP contribution in [-0.2, 0) is 11.2 Å². The van der Waals surface area contributed by atoms with E-state index in [2.05, 4.69) is 28.7 Å². The first-order valence-corrected chi connectivity index (χ1v) is 8.54. The number of aromatic nitrogens is 2. The minimum absolute atomic E-state index is 0.0691. The van der Waals surface area contributed by atoms with E-state index in [1.54, 1.807) is 0 Å². The van der Waals surface area contributed by atoms with E-state index in [-0.39, 0.29) is 11.7 Å². The van der Waals surface area contributed by atoms with Crippen LogP contribution in [0.25, 0.3) is 0 Å². The molecule has 1 aliphatic heterocycles. The Bertz CT molecular complexity index is 474. The van der Waals surface area contributed by atoms with Crippen LogP contribution >= 0.6 is 0 Å². The molecule has 0 aliphatic carbocycles. The lowest BCUT2D eigenvalue weighted by Crippen LogP contribution is -2.35. The van der Waals surface area contributed by atoms with E-state index in [0.717, 1.165) is 36.4 Å². The average Bonchev–Trinajstić information content (AvgIpc) is 2.48. The van der Waals surface area contributed by atoms with E-state index in [4.69, 9.17) is 0 Å². The molecule has 4 heteroatoms. The summed E-state index contributed by atoms with van der Waals surface area (Å²) in [6, 6.07) is 0. The van der Waals surface area contributed by atoms with Crippen LogP contribution in [0.2, 0.25) is 0 Å². The first-order chi connectivity index (χ1) is 10.5. The van der Waals surface area contributed by atoms with Gasteiger partial charge < -0.3 is 4.90 Å². The molecule has 0 atom stereocenters. The monoisotopic (exact) mass is 303 g/mol. The molecule has 1 aliphatic rings. The Hall–Kier alpha value is -1.45. The molecule has 0 spiro atoms. The van der Waals surface area contributed by atoms with Crippen molar-refractivity contribution in [1.82, 2.24) is 9.97 Å². The van der Waals surface area contributed by atoms with Crippen LogP contribution < -0.4 is 4.90 Å². The average molecular weight is 303 g/mol. The normalized spacial score (nSPS) is 16.5. The Morgan fingerprint density at radius 1 is 1.18 bits per heavy atom. The Kier molecular flexibility index (Phi) is 5.92. The molecule has 4 nitrogen and oxygen atoms in total. The maximum atomic E-state index is 11.8. The second kappa shape index (κ2) is 7.70. The third-order valence-electron chi connectivity index (χ3n) is 4.42. The van der Waals surface area contributed by atoms with E-state index in [9.17, 15) is 4.79 Å². The van der Waals surface area contributed by atoms with Crippen LogP contribution in [0.1, 0.15) is 52.5 Å². The van der Waals surface area contributed by atoms with Gasteiger partial charge in [-0.3, -0.25) is 4.79 Å². The molecule has 0 radical (unpaired) electrons. The zero-order valence-corrected chi connectivity index (χ0v) is 14.4. The summed E-state index contributed by atoms with van der Waals surface area (Å²) in [5, 5.41) is 0. The molecule has 2 heterocycles. The van der Waals surface area contributed by atoms with Crippen molar-refractivity contribution in [3.63, 3.8) is 0 Å². The van der Waals surface area contributed by atoms with Crippen molar-refractivity contribution in [2.24, 2.45) is 17.8 Å². The van der Waals surface area contributed by atoms with Gasteiger partial charge in [-0.2, -0.15) is 0 Å². The Morgan fingerprint density at radius 2 is 1.77 bits per heavy atom. The van der Waals surface area contributed by atoms with Crippen molar-refractivity contribution in [2.45, 2.75) is 53.4 Å². The highest BCUT2D eigenvalue weighted by molar-refractivity contribution is 5.82. The quantitative estimate of drug-likeness (QED) is 0.807. The number of ketones is 1. The molecule has 1 fully saturated rings. The van der Waals surface area contributed by atoms with Gasteiger partial charge in [-0.15, -0.1) is 0 Å². The van der Waals surface area contributed by atoms with Gasteiger partial charge in [0, 0.05) is 37.8 Å². The highest BCUT2D eigenvalue weighted by atomic mass is 16.1. The molecule has 0 N–H and O–H groups in total. The van der Waals surface area contributed by atoms with Gasteiger partial charge in [-0.1, -0.05) is 27.7 Å². The summed E-state index contributed by atoms with van der Waals surface area (Å²) in [6.45, 7) is 10.5. The van der Waals surface area contributed by atoms with Gasteiger partial charge in [0.1, 0.15) is 5.78 Å². The van der Waals surface area contributed by atoms with Crippen molar-refractivity contribution in [2.75, 3.05) is 18.0 Å². The number of hydrogen-bond donors (Lipinski definition) is 0. The summed E-state index contributed by atoms with van der Waals surface area (Å²) in [6.07, 6.45) is 7.84. The summed E-state index contributed by atoms with van der Waals surface area (Å²) in [4.78, 5) is 23.0. The fourth-order valence-electron chi connectivity index (χ4n) is 3.04. The molecular formula is C18H29N3O. The van der Waals surface area contributed by atoms with Gasteiger partial charge in [0.25, 0.3) is 0 Å². The molecule has 2 rings (SSSR count). The Morgan fingerprint density at radius 3 is 2.27 bits per heavy atom. The van der Waals surface area contributed by atoms with Crippen molar-refractivity contribution >= 4 is 11.7 Å². The van der Waals surface area contributed by atoms with Gasteiger partial charge >= 0.3 is 0 Å². The van der Waals surface area contributed by atoms with Gasteiger partial charge in [0.05, 0.1) is 0 Å². The fraction of sp³-hybridized carbons (Fsp3) is 0.722. The molecule has 0 bridgehead atoms. The van der Waals surface area contributed by atoms with Crippen LogP contribution in [0.5, 0.6) is 0 Å². The van der Waals surface area contributed by atoms with Gasteiger partial charge in [-0.05, 0) is 36.7 Å². The van der Waals surface area contributed by atoms with Crippen LogP contribution in [0.4, 0.5) is 5.95 Å². The lowest BCUT2D eigenvalue weighted by molar-refractivity contribution is -0.121. The number of hydrogen-bond acceptors (Lipinski definition) is 4. The van der Waals surface area contributed by atoms with Crippen molar-refractivity contribution in [3.8, 4) is 0 Å². The van der Waals surface area contributed by atoms with Gasteiger partial charge in [0.15, 0.2) is 0 Å². The number of nitrogens with zero attached hydrogens (tertiary/aromatic N) is 3. The number of rotatable bonds is 6. The van der Waals surface area contributed by atoms with E-state index in [0.29, 0.717) is 6.42 Å². The van der Waals surface area contributed by atoms with E-state index in [1.807, 2.05) is 26.2 Å². The van der Waals surface area contributed by atoms with Crippen LogP contribution in [-0.4, -0.2) is 28.8 Å². The SMILES string of the molecule is CC(C)CC1CCN(c2ncc(CC(=O)C(C)C)cn2)CC1. The molecule has 22 heavy (non-hydrogen) atoms. The first kappa shape index (κ1) is 16.9. The highest BCUT2D eigenvalue weighted by Crippen LogP contribution is 2.25. The van der Waals surface area contributed by atoms with Crippen molar-refractivity contribution < 1.29 is 4.79 Å². The molecule has 0 aromatic carbocycles. The predicted molar refractivity (Wildman–Crippen MR) is 90.0 cm³/mol. The lowest BCUT2D eigenvalue weighted by atomic mass is 9.89. The van der Waals surface area contributed by atoms with Crippen LogP contribution in [0, 0.1) is 17.8 Å². The smallest absolute Gasteiger partial charge is 0.225 e. The molecule has 1 saturated heterocycles. The summed E-state index contributed by atoms with van der Waals surface area (Å²) >= 11 is 0. The molecular weight excluding hydrogens is 274 g/mol. The predicted octanol–water partition coefficient (Wildman–Crippen LogP) is 3.51. The fourth-order valence-corrected chi connectivity index (χ4v) is 3.04. The second-order valence-electron chi connectivity index (χ2n) is 7.25. The maximum Gasteiger partial charge on any atom is 0.225 e. The highest BCUT2D eigenvalue weighted by Gasteiger charge is 2.21. The van der Waals surface area contributed by atoms with Gasteiger partial charge in [-0.25, -0.2) is 9.97 Å². The summed E-state index contributed by atoms with van der Waals surface area (Å²) in [5.74, 6) is 2.75. The first-order valence-electron chi connectivity index (χ1n) is 8.54. The number of piperidine rings is 1. The Balaban J connectivity index is 1.88. The number of carbonyl (C=O) groups excluding carboxylic acids is 1. The third-order valence-corrected chi connectivity index (χ3v) is 4.42. The number of Topliss-reactive ketones (excluding diaryl/α,β-unsaturated/α-hetero) is 1. The zero-order chi connectivity index (χ0) is 16.1. The molecule has 1 aromatic rings. The topological polar surface area (TPSA) is 46.1 Å². The second-order valence-corrected chi connectivity index (χ2v) is 7.25. The number of anilines is 1. The maximum absolute atomic E-state index is 11.8. The summed E-state index contributed by atoms with van der Waals surface area (Å²) < 4.78 is 0. The lowest BCUT2D eigenvalue weighted by Gasteiger charge is -2.32. The van der Waals surface area contributed by atoms with Crippen LogP contribution in [0.3, 0.4) is 0 Å². The van der Waals surface area contributed by atoms with Crippen molar-refractivity contribution in [1.29, 1.82) is 0 Å². The molecule has 0 saturated carbocycles.